The van der Waals surface area contributed by atoms with Gasteiger partial charge in [0.25, 0.3) is 0 Å². The Morgan fingerprint density at radius 1 is 1.04 bits per heavy atom. The van der Waals surface area contributed by atoms with Crippen LogP contribution in [0.1, 0.15) is 25.8 Å². The number of hydrogen-bond acceptors (Lipinski definition) is 3. The maximum Gasteiger partial charge on any atom is 0.238 e. The van der Waals surface area contributed by atoms with Crippen LogP contribution in [0.2, 0.25) is 0 Å². The van der Waals surface area contributed by atoms with Crippen molar-refractivity contribution in [2.24, 2.45) is 0 Å². The first-order valence-corrected chi connectivity index (χ1v) is 9.00. The molecule has 134 valence electrons. The lowest BCUT2D eigenvalue weighted by molar-refractivity contribution is -0.117. The quantitative estimate of drug-likeness (QED) is 0.665. The Balaban J connectivity index is 1.77. The van der Waals surface area contributed by atoms with Crippen molar-refractivity contribution in [2.45, 2.75) is 26.7 Å². The highest BCUT2D eigenvalue weighted by atomic mass is 16.5. The summed E-state index contributed by atoms with van der Waals surface area (Å²) in [5, 5.41) is 2.94. The third-order valence-electron chi connectivity index (χ3n) is 4.10. The average molecular weight is 340 g/mol. The van der Waals surface area contributed by atoms with Gasteiger partial charge in [0.2, 0.25) is 5.91 Å². The molecule has 2 aromatic rings. The van der Waals surface area contributed by atoms with Gasteiger partial charge in [-0.1, -0.05) is 50.2 Å². The Hall–Kier alpha value is -2.33. The first kappa shape index (κ1) is 19.0. The molecule has 0 aliphatic carbocycles. The summed E-state index contributed by atoms with van der Waals surface area (Å²) in [5.74, 6) is 0.790. The van der Waals surface area contributed by atoms with Gasteiger partial charge in [-0.05, 0) is 43.6 Å². The van der Waals surface area contributed by atoms with Crippen LogP contribution in [0.25, 0.3) is 0 Å². The van der Waals surface area contributed by atoms with Gasteiger partial charge in [0.1, 0.15) is 5.75 Å². The molecule has 0 bridgehead atoms. The van der Waals surface area contributed by atoms with Crippen molar-refractivity contribution < 1.29 is 9.53 Å². The van der Waals surface area contributed by atoms with Crippen LogP contribution in [-0.4, -0.2) is 37.0 Å². The molecule has 0 unspecified atom stereocenters. The predicted octanol–water partition coefficient (Wildman–Crippen LogP) is 3.98. The minimum Gasteiger partial charge on any atom is -0.494 e. The molecule has 4 nitrogen and oxygen atoms in total. The monoisotopic (exact) mass is 340 g/mol. The van der Waals surface area contributed by atoms with Gasteiger partial charge in [0, 0.05) is 11.8 Å². The van der Waals surface area contributed by atoms with Crippen molar-refractivity contribution in [3.63, 3.8) is 0 Å². The Kier molecular flexibility index (Phi) is 7.99. The van der Waals surface area contributed by atoms with Crippen LogP contribution in [0.15, 0.2) is 54.6 Å². The maximum absolute atomic E-state index is 12.1. The van der Waals surface area contributed by atoms with Gasteiger partial charge in [-0.15, -0.1) is 0 Å². The fourth-order valence-corrected chi connectivity index (χ4v) is 2.63. The van der Waals surface area contributed by atoms with Crippen molar-refractivity contribution in [1.82, 2.24) is 4.90 Å². The maximum atomic E-state index is 12.1. The van der Waals surface area contributed by atoms with Crippen molar-refractivity contribution in [1.29, 1.82) is 0 Å². The van der Waals surface area contributed by atoms with E-state index in [1.165, 1.54) is 5.56 Å². The van der Waals surface area contributed by atoms with E-state index in [9.17, 15) is 4.79 Å². The van der Waals surface area contributed by atoms with Crippen LogP contribution in [0, 0.1) is 0 Å². The molecule has 1 N–H and O–H groups in total. The number of carbonyl (C=O) groups is 1. The molecule has 0 radical (unpaired) electrons. The van der Waals surface area contributed by atoms with E-state index in [1.54, 1.807) is 0 Å². The lowest BCUT2D eigenvalue weighted by Crippen LogP contribution is -2.32. The number of carbonyl (C=O) groups excluding carboxylic acids is 1. The number of nitrogens with zero attached hydrogens (tertiary/aromatic N) is 1. The Bertz CT molecular complexity index is 639. The van der Waals surface area contributed by atoms with Gasteiger partial charge in [-0.25, -0.2) is 0 Å². The molecule has 0 aromatic heterocycles. The number of likely N-dealkylation sites (N-methyl/N-ethyl adjacent to an activating group) is 1. The molecule has 4 heteroatoms. The average Bonchev–Trinajstić information content (AvgIpc) is 2.64. The molecule has 0 spiro atoms. The van der Waals surface area contributed by atoms with Crippen LogP contribution >= 0.6 is 0 Å². The van der Waals surface area contributed by atoms with Crippen molar-refractivity contribution in [2.75, 3.05) is 31.6 Å². The van der Waals surface area contributed by atoms with Gasteiger partial charge < -0.3 is 10.1 Å². The number of nitrogens with one attached hydrogen (secondary N) is 1. The largest absolute Gasteiger partial charge is 0.494 e. The number of hydrogen-bond donors (Lipinski definition) is 1. The highest BCUT2D eigenvalue weighted by Crippen LogP contribution is 2.18. The molecule has 2 aromatic carbocycles. The zero-order valence-electron chi connectivity index (χ0n) is 15.2. The zero-order chi connectivity index (χ0) is 17.9. The van der Waals surface area contributed by atoms with E-state index < -0.39 is 0 Å². The topological polar surface area (TPSA) is 41.6 Å². The Morgan fingerprint density at radius 3 is 2.52 bits per heavy atom. The molecule has 0 saturated carbocycles. The molecule has 0 heterocycles. The van der Waals surface area contributed by atoms with E-state index >= 15 is 0 Å². The van der Waals surface area contributed by atoms with Crippen molar-refractivity contribution in [3.8, 4) is 5.75 Å². The fraction of sp³-hybridized carbons (Fsp3) is 0.381. The van der Waals surface area contributed by atoms with E-state index in [4.69, 9.17) is 4.74 Å². The summed E-state index contributed by atoms with van der Waals surface area (Å²) in [5.41, 5.74) is 2.10. The third-order valence-corrected chi connectivity index (χ3v) is 4.10. The summed E-state index contributed by atoms with van der Waals surface area (Å²) in [7, 11) is 0. The summed E-state index contributed by atoms with van der Waals surface area (Å²) < 4.78 is 5.81. The second kappa shape index (κ2) is 10.5. The Morgan fingerprint density at radius 2 is 1.80 bits per heavy atom. The summed E-state index contributed by atoms with van der Waals surface area (Å²) in [4.78, 5) is 14.2. The molecule has 1 amide bonds. The number of rotatable bonds is 10. The van der Waals surface area contributed by atoms with Crippen molar-refractivity contribution in [3.05, 3.63) is 60.2 Å². The Labute approximate surface area is 150 Å². The van der Waals surface area contributed by atoms with Crippen LogP contribution < -0.4 is 10.1 Å². The van der Waals surface area contributed by atoms with Gasteiger partial charge in [-0.3, -0.25) is 9.69 Å². The SMILES string of the molecule is CCN(CC)CC(=O)Nc1cccc(OCCCc2ccccc2)c1. The lowest BCUT2D eigenvalue weighted by atomic mass is 10.1. The van der Waals surface area contributed by atoms with E-state index in [1.807, 2.05) is 30.3 Å². The van der Waals surface area contributed by atoms with Crippen LogP contribution in [-0.2, 0) is 11.2 Å². The number of aryl methyl sites for hydroxylation is 1. The zero-order valence-corrected chi connectivity index (χ0v) is 15.2. The summed E-state index contributed by atoms with van der Waals surface area (Å²) in [6.07, 6.45) is 1.96. The third kappa shape index (κ3) is 6.98. The van der Waals surface area contributed by atoms with Gasteiger partial charge >= 0.3 is 0 Å². The van der Waals surface area contributed by atoms with E-state index in [0.29, 0.717) is 13.2 Å². The van der Waals surface area contributed by atoms with Gasteiger partial charge in [-0.2, -0.15) is 0 Å². The molecule has 0 fully saturated rings. The second-order valence-corrected chi connectivity index (χ2v) is 5.98. The molecule has 0 aliphatic heterocycles. The van der Waals surface area contributed by atoms with Crippen LogP contribution in [0.3, 0.4) is 0 Å². The minimum atomic E-state index is 0.00456. The van der Waals surface area contributed by atoms with E-state index in [-0.39, 0.29) is 5.91 Å². The van der Waals surface area contributed by atoms with E-state index in [0.717, 1.165) is 37.4 Å². The smallest absolute Gasteiger partial charge is 0.238 e. The first-order valence-electron chi connectivity index (χ1n) is 9.00. The van der Waals surface area contributed by atoms with Crippen LogP contribution in [0.5, 0.6) is 5.75 Å². The predicted molar refractivity (Wildman–Crippen MR) is 103 cm³/mol. The van der Waals surface area contributed by atoms with E-state index in [2.05, 4.69) is 48.3 Å². The summed E-state index contributed by atoms with van der Waals surface area (Å²) in [6, 6.07) is 18.0. The number of amides is 1. The second-order valence-electron chi connectivity index (χ2n) is 5.98. The molecule has 2 rings (SSSR count). The molecule has 25 heavy (non-hydrogen) atoms. The summed E-state index contributed by atoms with van der Waals surface area (Å²) >= 11 is 0. The number of ether oxygens (including phenoxy) is 1. The van der Waals surface area contributed by atoms with Gasteiger partial charge in [0.15, 0.2) is 0 Å². The number of benzene rings is 2. The van der Waals surface area contributed by atoms with Crippen molar-refractivity contribution >= 4 is 11.6 Å². The highest BCUT2D eigenvalue weighted by molar-refractivity contribution is 5.92. The lowest BCUT2D eigenvalue weighted by Gasteiger charge is -2.17. The van der Waals surface area contributed by atoms with Crippen LogP contribution in [0.4, 0.5) is 5.69 Å². The number of anilines is 1. The first-order chi connectivity index (χ1) is 12.2. The normalized spacial score (nSPS) is 10.7. The molecular formula is C21H28N2O2. The molecule has 0 saturated heterocycles. The molecule has 0 atom stereocenters. The molecule has 0 aliphatic rings. The van der Waals surface area contributed by atoms with Gasteiger partial charge in [0.05, 0.1) is 13.2 Å². The summed E-state index contributed by atoms with van der Waals surface area (Å²) in [6.45, 7) is 6.92. The standard InChI is InChI=1S/C21H28N2O2/c1-3-23(4-2)17-21(24)22-19-13-8-14-20(16-19)25-15-9-12-18-10-6-5-7-11-18/h5-8,10-11,13-14,16H,3-4,9,12,15,17H2,1-2H3,(H,22,24). The fourth-order valence-electron chi connectivity index (χ4n) is 2.63. The highest BCUT2D eigenvalue weighted by Gasteiger charge is 2.08. The minimum absolute atomic E-state index is 0.00456. The molecular weight excluding hydrogens is 312 g/mol.